The lowest BCUT2D eigenvalue weighted by Gasteiger charge is -2.24. The molecule has 60 valence electrons. The minimum atomic E-state index is 0.236. The minimum Gasteiger partial charge on any atom is -0.494 e. The van der Waals surface area contributed by atoms with Crippen LogP contribution in [0.1, 0.15) is 6.42 Å². The largest absolute Gasteiger partial charge is 0.494 e. The Morgan fingerprint density at radius 3 is 3.00 bits per heavy atom. The van der Waals surface area contributed by atoms with E-state index in [4.69, 9.17) is 9.47 Å². The molecule has 2 unspecified atom stereocenters. The van der Waals surface area contributed by atoms with Crippen LogP contribution in [0.25, 0.3) is 0 Å². The first-order valence-electron chi connectivity index (χ1n) is 3.69. The Hall–Kier alpha value is -0.570. The Labute approximate surface area is 70.3 Å². The van der Waals surface area contributed by atoms with E-state index >= 15 is 0 Å². The van der Waals surface area contributed by atoms with Gasteiger partial charge in [-0.3, -0.25) is 0 Å². The van der Waals surface area contributed by atoms with Crippen LogP contribution in [0, 0.1) is 0 Å². The molecule has 0 fully saturated rings. The minimum absolute atomic E-state index is 0.236. The Bertz CT molecular complexity index is 181. The molecule has 11 heavy (non-hydrogen) atoms. The van der Waals surface area contributed by atoms with E-state index < -0.39 is 0 Å². The highest BCUT2D eigenvalue weighted by molar-refractivity contribution is 8.03. The number of allylic oxidation sites excluding steroid dienone is 1. The van der Waals surface area contributed by atoms with Crippen molar-refractivity contribution in [2.24, 2.45) is 0 Å². The van der Waals surface area contributed by atoms with Gasteiger partial charge in [0.1, 0.15) is 25.2 Å². The average molecular weight is 170 g/mol. The van der Waals surface area contributed by atoms with Crippen LogP contribution >= 0.6 is 11.8 Å². The van der Waals surface area contributed by atoms with Gasteiger partial charge in [-0.15, -0.1) is 11.8 Å². The highest BCUT2D eigenvalue weighted by Gasteiger charge is 2.25. The topological polar surface area (TPSA) is 18.5 Å². The number of hydrogen-bond acceptors (Lipinski definition) is 3. The van der Waals surface area contributed by atoms with E-state index in [1.165, 1.54) is 0 Å². The third-order valence-electron chi connectivity index (χ3n) is 1.80. The van der Waals surface area contributed by atoms with Crippen molar-refractivity contribution in [3.63, 3.8) is 0 Å². The maximum atomic E-state index is 5.40. The van der Waals surface area contributed by atoms with Crippen molar-refractivity contribution in [1.82, 2.24) is 0 Å². The van der Waals surface area contributed by atoms with Crippen LogP contribution in [0.3, 0.4) is 0 Å². The molecule has 2 rings (SSSR count). The predicted molar refractivity (Wildman–Crippen MR) is 45.1 cm³/mol. The number of ether oxygens (including phenoxy) is 2. The van der Waals surface area contributed by atoms with Crippen molar-refractivity contribution in [2.45, 2.75) is 17.8 Å². The summed E-state index contributed by atoms with van der Waals surface area (Å²) in [4.78, 5) is 0. The van der Waals surface area contributed by atoms with Gasteiger partial charge in [0.15, 0.2) is 0 Å². The second-order valence-electron chi connectivity index (χ2n) is 2.56. The third-order valence-corrected chi connectivity index (χ3v) is 2.99. The van der Waals surface area contributed by atoms with Crippen LogP contribution in [0.15, 0.2) is 24.0 Å². The summed E-state index contributed by atoms with van der Waals surface area (Å²) in [6.45, 7) is 0.690. The fraction of sp³-hybridized carbons (Fsp3) is 0.500. The van der Waals surface area contributed by atoms with Crippen molar-refractivity contribution in [3.8, 4) is 0 Å². The van der Waals surface area contributed by atoms with E-state index in [1.54, 1.807) is 12.5 Å². The van der Waals surface area contributed by atoms with E-state index in [-0.39, 0.29) is 6.10 Å². The van der Waals surface area contributed by atoms with Gasteiger partial charge in [-0.2, -0.15) is 0 Å². The smallest absolute Gasteiger partial charge is 0.144 e. The molecule has 0 N–H and O–H groups in total. The summed E-state index contributed by atoms with van der Waals surface area (Å²) in [5, 5.41) is 2.69. The lowest BCUT2D eigenvalue weighted by Crippen LogP contribution is -2.29. The fourth-order valence-electron chi connectivity index (χ4n) is 1.20. The zero-order valence-electron chi connectivity index (χ0n) is 6.10. The summed E-state index contributed by atoms with van der Waals surface area (Å²) in [5.74, 6) is 0. The standard InChI is InChI=1S/C8H10O2S/c1-2-8(11-5-1)7-6-9-3-4-10-7/h1,3-5,7-8H,2,6H2. The molecular weight excluding hydrogens is 160 g/mol. The van der Waals surface area contributed by atoms with Crippen molar-refractivity contribution < 1.29 is 9.47 Å². The summed E-state index contributed by atoms with van der Waals surface area (Å²) < 4.78 is 10.5. The molecule has 0 aromatic carbocycles. The van der Waals surface area contributed by atoms with Gasteiger partial charge in [-0.25, -0.2) is 0 Å². The first-order valence-corrected chi connectivity index (χ1v) is 4.63. The Balaban J connectivity index is 1.89. The lowest BCUT2D eigenvalue weighted by atomic mass is 10.2. The highest BCUT2D eigenvalue weighted by Crippen LogP contribution is 2.29. The Morgan fingerprint density at radius 2 is 2.36 bits per heavy atom. The van der Waals surface area contributed by atoms with Gasteiger partial charge in [0.25, 0.3) is 0 Å². The molecule has 0 radical (unpaired) electrons. The fourth-order valence-corrected chi connectivity index (χ4v) is 2.16. The zero-order chi connectivity index (χ0) is 7.52. The second-order valence-corrected chi connectivity index (χ2v) is 3.71. The molecule has 2 atom stereocenters. The predicted octanol–water partition coefficient (Wildman–Crippen LogP) is 1.89. The van der Waals surface area contributed by atoms with Crippen LogP contribution in [0.2, 0.25) is 0 Å². The van der Waals surface area contributed by atoms with E-state index in [2.05, 4.69) is 11.5 Å². The SMILES string of the molecule is C1=CSC(C2COC=CO2)C1. The van der Waals surface area contributed by atoms with Crippen molar-refractivity contribution in [3.05, 3.63) is 24.0 Å². The van der Waals surface area contributed by atoms with Crippen molar-refractivity contribution >= 4 is 11.8 Å². The number of hydrogen-bond donors (Lipinski definition) is 0. The molecular formula is C8H10O2S. The van der Waals surface area contributed by atoms with E-state index in [0.29, 0.717) is 11.9 Å². The summed E-state index contributed by atoms with van der Waals surface area (Å²) in [7, 11) is 0. The summed E-state index contributed by atoms with van der Waals surface area (Å²) in [6, 6.07) is 0. The second kappa shape index (κ2) is 3.22. The van der Waals surface area contributed by atoms with Gasteiger partial charge >= 0.3 is 0 Å². The van der Waals surface area contributed by atoms with Crippen molar-refractivity contribution in [2.75, 3.05) is 6.61 Å². The van der Waals surface area contributed by atoms with Gasteiger partial charge < -0.3 is 9.47 Å². The zero-order valence-corrected chi connectivity index (χ0v) is 6.92. The normalized spacial score (nSPS) is 34.9. The quantitative estimate of drug-likeness (QED) is 0.598. The Kier molecular flexibility index (Phi) is 2.08. The molecule has 0 amide bonds. The molecule has 0 saturated heterocycles. The van der Waals surface area contributed by atoms with Gasteiger partial charge in [0.05, 0.1) is 5.25 Å². The third kappa shape index (κ3) is 1.53. The lowest BCUT2D eigenvalue weighted by molar-refractivity contribution is 0.0332. The van der Waals surface area contributed by atoms with Gasteiger partial charge in [0, 0.05) is 0 Å². The maximum Gasteiger partial charge on any atom is 0.144 e. The molecule has 0 aromatic heterocycles. The molecule has 0 aliphatic carbocycles. The molecule has 3 heteroatoms. The average Bonchev–Trinajstić information content (AvgIpc) is 2.58. The number of thioether (sulfide) groups is 1. The van der Waals surface area contributed by atoms with Crippen molar-refractivity contribution in [1.29, 1.82) is 0 Å². The highest BCUT2D eigenvalue weighted by atomic mass is 32.2. The van der Waals surface area contributed by atoms with Crippen LogP contribution in [0.5, 0.6) is 0 Å². The molecule has 0 spiro atoms. The van der Waals surface area contributed by atoms with Crippen LogP contribution < -0.4 is 0 Å². The summed E-state index contributed by atoms with van der Waals surface area (Å²) in [6.07, 6.45) is 6.75. The van der Waals surface area contributed by atoms with E-state index in [1.807, 2.05) is 11.8 Å². The number of rotatable bonds is 1. The van der Waals surface area contributed by atoms with E-state index in [0.717, 1.165) is 6.42 Å². The van der Waals surface area contributed by atoms with Gasteiger partial charge in [0.2, 0.25) is 0 Å². The molecule has 2 nitrogen and oxygen atoms in total. The van der Waals surface area contributed by atoms with E-state index in [9.17, 15) is 0 Å². The maximum absolute atomic E-state index is 5.40. The summed E-state index contributed by atoms with van der Waals surface area (Å²) >= 11 is 1.83. The first-order chi connectivity index (χ1) is 5.47. The molecule has 2 aliphatic heterocycles. The molecule has 0 bridgehead atoms. The molecule has 2 aliphatic rings. The van der Waals surface area contributed by atoms with Crippen LogP contribution in [-0.2, 0) is 9.47 Å². The molecule has 0 saturated carbocycles. The molecule has 2 heterocycles. The monoisotopic (exact) mass is 170 g/mol. The van der Waals surface area contributed by atoms with Crippen LogP contribution in [0.4, 0.5) is 0 Å². The van der Waals surface area contributed by atoms with Gasteiger partial charge in [-0.05, 0) is 11.8 Å². The Morgan fingerprint density at radius 1 is 1.36 bits per heavy atom. The molecule has 0 aromatic rings. The first kappa shape index (κ1) is 7.10. The van der Waals surface area contributed by atoms with Crippen LogP contribution in [-0.4, -0.2) is 18.0 Å². The van der Waals surface area contributed by atoms with Gasteiger partial charge in [-0.1, -0.05) is 6.08 Å². The summed E-state index contributed by atoms with van der Waals surface area (Å²) in [5.41, 5.74) is 0.